The van der Waals surface area contributed by atoms with Crippen molar-refractivity contribution >= 4 is 15.0 Å². The van der Waals surface area contributed by atoms with Crippen LogP contribution in [0.4, 0.5) is 0 Å². The van der Waals surface area contributed by atoms with Gasteiger partial charge in [0.1, 0.15) is 0 Å². The van der Waals surface area contributed by atoms with Gasteiger partial charge in [0, 0.05) is 17.4 Å². The number of hydrogen-bond donors (Lipinski definition) is 0. The molecular formula is C23H22O3S. The van der Waals surface area contributed by atoms with Crippen LogP contribution in [0.25, 0.3) is 22.3 Å². The van der Waals surface area contributed by atoms with Crippen LogP contribution in [0.2, 0.25) is 0 Å². The third kappa shape index (κ3) is 3.71. The SMILES string of the molecule is Cc1cc(C)c(-c2cccc(C(=O)S(C)(=O)=O)c2-c2ccccc2)c(C)c1. The molecule has 0 saturated heterocycles. The molecule has 0 N–H and O–H groups in total. The Morgan fingerprint density at radius 3 is 1.93 bits per heavy atom. The van der Waals surface area contributed by atoms with Gasteiger partial charge < -0.3 is 0 Å². The zero-order valence-electron chi connectivity index (χ0n) is 15.9. The Labute approximate surface area is 160 Å². The average molecular weight is 378 g/mol. The summed E-state index contributed by atoms with van der Waals surface area (Å²) in [5, 5.41) is -0.856. The highest BCUT2D eigenvalue weighted by Gasteiger charge is 2.25. The van der Waals surface area contributed by atoms with Crippen molar-refractivity contribution in [2.24, 2.45) is 0 Å². The predicted octanol–water partition coefficient (Wildman–Crippen LogP) is 5.13. The summed E-state index contributed by atoms with van der Waals surface area (Å²) in [6.07, 6.45) is 0.957. The molecule has 3 rings (SSSR count). The van der Waals surface area contributed by atoms with E-state index < -0.39 is 15.0 Å². The number of carbonyl (C=O) groups is 1. The standard InChI is InChI=1S/C23H22O3S/c1-15-13-16(2)21(17(3)14-15)19-11-8-12-20(23(24)27(4,25)26)22(19)18-9-6-5-7-10-18/h5-14H,1-4H3. The van der Waals surface area contributed by atoms with E-state index in [1.807, 2.05) is 57.2 Å². The van der Waals surface area contributed by atoms with E-state index in [0.717, 1.165) is 34.1 Å². The molecular weight excluding hydrogens is 356 g/mol. The van der Waals surface area contributed by atoms with Crippen LogP contribution in [0.5, 0.6) is 0 Å². The minimum Gasteiger partial charge on any atom is -0.276 e. The highest BCUT2D eigenvalue weighted by atomic mass is 32.2. The first-order valence-electron chi connectivity index (χ1n) is 8.71. The molecule has 27 heavy (non-hydrogen) atoms. The molecule has 0 bridgehead atoms. The second kappa shape index (κ2) is 7.12. The second-order valence-electron chi connectivity index (χ2n) is 6.93. The lowest BCUT2D eigenvalue weighted by Gasteiger charge is -2.18. The molecule has 0 fully saturated rings. The van der Waals surface area contributed by atoms with Crippen molar-refractivity contribution in [2.45, 2.75) is 20.8 Å². The average Bonchev–Trinajstić information content (AvgIpc) is 2.60. The van der Waals surface area contributed by atoms with E-state index in [-0.39, 0.29) is 5.56 Å². The van der Waals surface area contributed by atoms with Gasteiger partial charge in [0.25, 0.3) is 5.12 Å². The van der Waals surface area contributed by atoms with E-state index in [9.17, 15) is 13.2 Å². The van der Waals surface area contributed by atoms with Crippen LogP contribution in [-0.2, 0) is 9.84 Å². The highest BCUT2D eigenvalue weighted by molar-refractivity contribution is 8.06. The maximum atomic E-state index is 12.7. The molecule has 0 aliphatic heterocycles. The van der Waals surface area contributed by atoms with Crippen molar-refractivity contribution in [1.29, 1.82) is 0 Å². The van der Waals surface area contributed by atoms with Gasteiger partial charge >= 0.3 is 0 Å². The zero-order valence-corrected chi connectivity index (χ0v) is 16.7. The summed E-state index contributed by atoms with van der Waals surface area (Å²) in [4.78, 5) is 12.7. The minimum absolute atomic E-state index is 0.209. The van der Waals surface area contributed by atoms with Gasteiger partial charge in [-0.3, -0.25) is 4.79 Å². The fourth-order valence-corrected chi connectivity index (χ4v) is 4.22. The second-order valence-corrected chi connectivity index (χ2v) is 8.84. The summed E-state index contributed by atoms with van der Waals surface area (Å²) in [6.45, 7) is 6.12. The summed E-state index contributed by atoms with van der Waals surface area (Å²) in [5.74, 6) is 0. The maximum Gasteiger partial charge on any atom is 0.276 e. The van der Waals surface area contributed by atoms with E-state index in [1.54, 1.807) is 12.1 Å². The Morgan fingerprint density at radius 1 is 0.778 bits per heavy atom. The van der Waals surface area contributed by atoms with E-state index >= 15 is 0 Å². The van der Waals surface area contributed by atoms with E-state index in [2.05, 4.69) is 12.1 Å². The first kappa shape index (κ1) is 19.1. The topological polar surface area (TPSA) is 51.2 Å². The fourth-order valence-electron chi connectivity index (χ4n) is 3.65. The van der Waals surface area contributed by atoms with E-state index in [0.29, 0.717) is 5.56 Å². The molecule has 0 aliphatic rings. The lowest BCUT2D eigenvalue weighted by molar-refractivity contribution is 0.107. The van der Waals surface area contributed by atoms with Crippen molar-refractivity contribution in [3.63, 3.8) is 0 Å². The third-order valence-corrected chi connectivity index (χ3v) is 5.52. The van der Waals surface area contributed by atoms with Gasteiger partial charge in [-0.25, -0.2) is 8.42 Å². The summed E-state index contributed by atoms with van der Waals surface area (Å²) in [5.41, 5.74) is 6.93. The highest BCUT2D eigenvalue weighted by Crippen LogP contribution is 2.39. The van der Waals surface area contributed by atoms with E-state index in [1.165, 1.54) is 5.56 Å². The number of hydrogen-bond acceptors (Lipinski definition) is 3. The van der Waals surface area contributed by atoms with Crippen LogP contribution < -0.4 is 0 Å². The van der Waals surface area contributed by atoms with Gasteiger partial charge in [0.2, 0.25) is 9.84 Å². The number of rotatable bonds is 3. The summed E-state index contributed by atoms with van der Waals surface area (Å²) in [7, 11) is -3.85. The molecule has 0 radical (unpaired) electrons. The molecule has 3 aromatic rings. The molecule has 0 atom stereocenters. The lowest BCUT2D eigenvalue weighted by atomic mass is 9.86. The summed E-state index contributed by atoms with van der Waals surface area (Å²) < 4.78 is 24.0. The van der Waals surface area contributed by atoms with Gasteiger partial charge in [-0.15, -0.1) is 0 Å². The van der Waals surface area contributed by atoms with Crippen molar-refractivity contribution in [1.82, 2.24) is 0 Å². The number of benzene rings is 3. The van der Waals surface area contributed by atoms with Crippen molar-refractivity contribution in [3.05, 3.63) is 82.9 Å². The lowest BCUT2D eigenvalue weighted by Crippen LogP contribution is -2.14. The monoisotopic (exact) mass is 378 g/mol. The quantitative estimate of drug-likeness (QED) is 0.635. The first-order chi connectivity index (χ1) is 12.7. The number of aryl methyl sites for hydroxylation is 3. The molecule has 138 valence electrons. The summed E-state index contributed by atoms with van der Waals surface area (Å²) in [6, 6.07) is 19.0. The fraction of sp³-hybridized carbons (Fsp3) is 0.174. The molecule has 0 unspecified atom stereocenters. The molecule has 0 spiro atoms. The van der Waals surface area contributed by atoms with Gasteiger partial charge in [-0.1, -0.05) is 60.2 Å². The molecule has 4 heteroatoms. The Hall–Kier alpha value is -2.72. The van der Waals surface area contributed by atoms with Crippen LogP contribution in [0, 0.1) is 20.8 Å². The van der Waals surface area contributed by atoms with Crippen LogP contribution >= 0.6 is 0 Å². The molecule has 0 heterocycles. The molecule has 0 aliphatic carbocycles. The van der Waals surface area contributed by atoms with Gasteiger partial charge in [0.05, 0.1) is 0 Å². The zero-order chi connectivity index (χ0) is 19.8. The number of sulfone groups is 1. The van der Waals surface area contributed by atoms with Crippen LogP contribution in [0.1, 0.15) is 27.0 Å². The third-order valence-electron chi connectivity index (χ3n) is 4.63. The molecule has 0 saturated carbocycles. The smallest absolute Gasteiger partial charge is 0.276 e. The maximum absolute atomic E-state index is 12.7. The summed E-state index contributed by atoms with van der Waals surface area (Å²) >= 11 is 0. The largest absolute Gasteiger partial charge is 0.276 e. The van der Waals surface area contributed by atoms with Gasteiger partial charge in [-0.05, 0) is 54.7 Å². The van der Waals surface area contributed by atoms with Crippen molar-refractivity contribution in [2.75, 3.05) is 6.26 Å². The molecule has 3 aromatic carbocycles. The van der Waals surface area contributed by atoms with Crippen LogP contribution in [0.15, 0.2) is 60.7 Å². The first-order valence-corrected chi connectivity index (χ1v) is 10.6. The van der Waals surface area contributed by atoms with Crippen molar-refractivity contribution in [3.8, 4) is 22.3 Å². The van der Waals surface area contributed by atoms with Gasteiger partial charge in [0.15, 0.2) is 0 Å². The van der Waals surface area contributed by atoms with Gasteiger partial charge in [-0.2, -0.15) is 0 Å². The Balaban J connectivity index is 2.42. The molecule has 0 aromatic heterocycles. The number of carbonyl (C=O) groups excluding carboxylic acids is 1. The molecule has 0 amide bonds. The minimum atomic E-state index is -3.85. The normalized spacial score (nSPS) is 11.4. The Morgan fingerprint density at radius 2 is 1.37 bits per heavy atom. The Kier molecular flexibility index (Phi) is 5.03. The predicted molar refractivity (Wildman–Crippen MR) is 111 cm³/mol. The Bertz CT molecular complexity index is 1100. The van der Waals surface area contributed by atoms with Crippen LogP contribution in [0.3, 0.4) is 0 Å². The van der Waals surface area contributed by atoms with Crippen LogP contribution in [-0.4, -0.2) is 19.8 Å². The van der Waals surface area contributed by atoms with E-state index in [4.69, 9.17) is 0 Å². The molecule has 3 nitrogen and oxygen atoms in total. The van der Waals surface area contributed by atoms with Crippen molar-refractivity contribution < 1.29 is 13.2 Å².